The van der Waals surface area contributed by atoms with Crippen molar-refractivity contribution in [2.45, 2.75) is 31.8 Å². The summed E-state index contributed by atoms with van der Waals surface area (Å²) in [4.78, 5) is 14.3. The topological polar surface area (TPSA) is 29.5 Å². The predicted molar refractivity (Wildman–Crippen MR) is 78.3 cm³/mol. The Morgan fingerprint density at radius 3 is 2.90 bits per heavy atom. The van der Waals surface area contributed by atoms with Crippen LogP contribution in [-0.4, -0.2) is 37.1 Å². The molecule has 3 atom stereocenters. The number of carbonyl (C=O) groups is 1. The van der Waals surface area contributed by atoms with E-state index in [0.717, 1.165) is 19.5 Å². The van der Waals surface area contributed by atoms with Crippen molar-refractivity contribution in [2.24, 2.45) is 11.8 Å². The monoisotopic (exact) mass is 291 g/mol. The van der Waals surface area contributed by atoms with Gasteiger partial charge in [-0.25, -0.2) is 4.39 Å². The van der Waals surface area contributed by atoms with Crippen molar-refractivity contribution < 1.29 is 13.9 Å². The Bertz CT molecular complexity index is 519. The number of fused-ring (bicyclic) bond motifs is 1. The number of methoxy groups -OCH3 is 1. The third-order valence-electron chi connectivity index (χ3n) is 4.99. The molecule has 114 valence electrons. The van der Waals surface area contributed by atoms with Crippen molar-refractivity contribution >= 4 is 5.91 Å². The first-order valence-corrected chi connectivity index (χ1v) is 7.73. The van der Waals surface area contributed by atoms with Gasteiger partial charge >= 0.3 is 0 Å². The van der Waals surface area contributed by atoms with E-state index in [0.29, 0.717) is 17.4 Å². The molecule has 1 saturated carbocycles. The number of ether oxygens (including phenoxy) is 1. The van der Waals surface area contributed by atoms with Gasteiger partial charge in [-0.3, -0.25) is 4.79 Å². The average Bonchev–Trinajstić information content (AvgIpc) is 2.93. The van der Waals surface area contributed by atoms with Crippen molar-refractivity contribution in [3.63, 3.8) is 0 Å². The molecule has 3 nitrogen and oxygen atoms in total. The molecule has 1 saturated heterocycles. The van der Waals surface area contributed by atoms with Crippen LogP contribution in [0.3, 0.4) is 0 Å². The van der Waals surface area contributed by atoms with Crippen LogP contribution in [0, 0.1) is 17.7 Å². The summed E-state index contributed by atoms with van der Waals surface area (Å²) < 4.78 is 19.2. The molecule has 21 heavy (non-hydrogen) atoms. The van der Waals surface area contributed by atoms with Gasteiger partial charge < -0.3 is 9.64 Å². The van der Waals surface area contributed by atoms with Gasteiger partial charge in [-0.15, -0.1) is 0 Å². The van der Waals surface area contributed by atoms with Gasteiger partial charge in [0.1, 0.15) is 5.82 Å². The number of likely N-dealkylation sites (tertiary alicyclic amines) is 1. The smallest absolute Gasteiger partial charge is 0.227 e. The third kappa shape index (κ3) is 2.95. The van der Waals surface area contributed by atoms with E-state index < -0.39 is 0 Å². The molecule has 1 aromatic carbocycles. The fourth-order valence-electron chi connectivity index (χ4n) is 3.83. The van der Waals surface area contributed by atoms with Gasteiger partial charge in [0.2, 0.25) is 5.91 Å². The van der Waals surface area contributed by atoms with Crippen LogP contribution in [-0.2, 0) is 16.0 Å². The van der Waals surface area contributed by atoms with E-state index >= 15 is 0 Å². The lowest BCUT2D eigenvalue weighted by Crippen LogP contribution is -2.34. The first kappa shape index (κ1) is 14.5. The molecule has 2 aliphatic rings. The number of amides is 1. The summed E-state index contributed by atoms with van der Waals surface area (Å²) >= 11 is 0. The van der Waals surface area contributed by atoms with Crippen LogP contribution < -0.4 is 0 Å². The lowest BCUT2D eigenvalue weighted by molar-refractivity contribution is -0.129. The van der Waals surface area contributed by atoms with Crippen LogP contribution in [0.2, 0.25) is 0 Å². The highest BCUT2D eigenvalue weighted by Crippen LogP contribution is 2.37. The van der Waals surface area contributed by atoms with Crippen LogP contribution >= 0.6 is 0 Å². The van der Waals surface area contributed by atoms with Gasteiger partial charge in [0.05, 0.1) is 12.5 Å². The van der Waals surface area contributed by atoms with Crippen molar-refractivity contribution in [2.75, 3.05) is 20.2 Å². The van der Waals surface area contributed by atoms with E-state index in [-0.39, 0.29) is 24.2 Å². The molecule has 1 heterocycles. The Kier molecular flexibility index (Phi) is 4.24. The highest BCUT2D eigenvalue weighted by Gasteiger charge is 2.41. The summed E-state index contributed by atoms with van der Waals surface area (Å²) in [6.45, 7) is 1.56. The summed E-state index contributed by atoms with van der Waals surface area (Å²) in [5.41, 5.74) is 0.487. The molecule has 1 aliphatic carbocycles. The highest BCUT2D eigenvalue weighted by atomic mass is 19.1. The second-order valence-electron chi connectivity index (χ2n) is 6.20. The number of hydrogen-bond acceptors (Lipinski definition) is 2. The lowest BCUT2D eigenvalue weighted by Gasteiger charge is -2.31. The first-order valence-electron chi connectivity index (χ1n) is 7.73. The molecule has 2 fully saturated rings. The van der Waals surface area contributed by atoms with Crippen molar-refractivity contribution in [1.29, 1.82) is 0 Å². The normalized spacial score (nSPS) is 28.5. The Labute approximate surface area is 125 Å². The number of nitrogens with zero attached hydrogens (tertiary/aromatic N) is 1. The number of halogens is 1. The number of carbonyl (C=O) groups excluding carboxylic acids is 1. The van der Waals surface area contributed by atoms with Crippen LogP contribution in [0.15, 0.2) is 24.3 Å². The fraction of sp³-hybridized carbons (Fsp3) is 0.588. The molecular weight excluding hydrogens is 269 g/mol. The van der Waals surface area contributed by atoms with Gasteiger partial charge in [-0.05, 0) is 30.4 Å². The molecule has 0 aromatic heterocycles. The van der Waals surface area contributed by atoms with Gasteiger partial charge in [0.25, 0.3) is 0 Å². The van der Waals surface area contributed by atoms with Crippen LogP contribution in [0.25, 0.3) is 0 Å². The van der Waals surface area contributed by atoms with Crippen molar-refractivity contribution in [3.8, 4) is 0 Å². The van der Waals surface area contributed by atoms with Crippen LogP contribution in [0.1, 0.15) is 24.8 Å². The quantitative estimate of drug-likeness (QED) is 0.857. The summed E-state index contributed by atoms with van der Waals surface area (Å²) in [5, 5.41) is 0. The zero-order chi connectivity index (χ0) is 14.8. The molecule has 1 aromatic rings. The molecule has 0 N–H and O–H groups in total. The van der Waals surface area contributed by atoms with E-state index in [4.69, 9.17) is 4.74 Å². The minimum Gasteiger partial charge on any atom is -0.381 e. The molecule has 0 bridgehead atoms. The minimum absolute atomic E-state index is 0.0318. The molecular formula is C17H22FNO2. The fourth-order valence-corrected chi connectivity index (χ4v) is 3.83. The maximum absolute atomic E-state index is 13.7. The van der Waals surface area contributed by atoms with Gasteiger partial charge in [-0.2, -0.15) is 0 Å². The third-order valence-corrected chi connectivity index (χ3v) is 4.99. The lowest BCUT2D eigenvalue weighted by atomic mass is 9.79. The molecule has 0 spiro atoms. The van der Waals surface area contributed by atoms with E-state index in [9.17, 15) is 9.18 Å². The summed E-state index contributed by atoms with van der Waals surface area (Å²) in [6.07, 6.45) is 3.87. The minimum atomic E-state index is -0.294. The van der Waals surface area contributed by atoms with Crippen molar-refractivity contribution in [3.05, 3.63) is 35.6 Å². The SMILES string of the molecule is CO[C@@H]1CCC[C@@H]2CN(C(=O)Cc3ccccc3F)C[C@@H]21. The second-order valence-corrected chi connectivity index (χ2v) is 6.20. The molecule has 0 radical (unpaired) electrons. The number of benzene rings is 1. The van der Waals surface area contributed by atoms with Crippen molar-refractivity contribution in [1.82, 2.24) is 4.90 Å². The number of hydrogen-bond donors (Lipinski definition) is 0. The Morgan fingerprint density at radius 2 is 2.14 bits per heavy atom. The zero-order valence-corrected chi connectivity index (χ0v) is 12.4. The van der Waals surface area contributed by atoms with Crippen LogP contribution in [0.4, 0.5) is 4.39 Å². The van der Waals surface area contributed by atoms with E-state index in [1.54, 1.807) is 25.3 Å². The van der Waals surface area contributed by atoms with E-state index in [1.807, 2.05) is 4.90 Å². The van der Waals surface area contributed by atoms with Gasteiger partial charge in [-0.1, -0.05) is 24.6 Å². The highest BCUT2D eigenvalue weighted by molar-refractivity contribution is 5.79. The zero-order valence-electron chi connectivity index (χ0n) is 12.4. The van der Waals surface area contributed by atoms with E-state index in [2.05, 4.69) is 0 Å². The second kappa shape index (κ2) is 6.14. The summed E-state index contributed by atoms with van der Waals surface area (Å²) in [7, 11) is 1.76. The average molecular weight is 291 g/mol. The molecule has 4 heteroatoms. The summed E-state index contributed by atoms with van der Waals surface area (Å²) in [6, 6.07) is 6.52. The molecule has 1 aliphatic heterocycles. The van der Waals surface area contributed by atoms with E-state index in [1.165, 1.54) is 18.9 Å². The molecule has 0 unspecified atom stereocenters. The Morgan fingerprint density at radius 1 is 1.33 bits per heavy atom. The Hall–Kier alpha value is -1.42. The summed E-state index contributed by atoms with van der Waals surface area (Å²) in [5.74, 6) is 0.739. The molecule has 1 amide bonds. The van der Waals surface area contributed by atoms with Gasteiger partial charge in [0.15, 0.2) is 0 Å². The predicted octanol–water partition coefficient (Wildman–Crippen LogP) is 2.64. The van der Waals surface area contributed by atoms with Crippen LogP contribution in [0.5, 0.6) is 0 Å². The molecule has 3 rings (SSSR count). The standard InChI is InChI=1S/C17H22FNO2/c1-21-16-8-4-6-13-10-19(11-14(13)16)17(20)9-12-5-2-3-7-15(12)18/h2-3,5,7,13-14,16H,4,6,8-11H2,1H3/t13-,14+,16-/m1/s1. The first-order chi connectivity index (χ1) is 10.2. The maximum Gasteiger partial charge on any atom is 0.227 e. The van der Waals surface area contributed by atoms with Gasteiger partial charge in [0, 0.05) is 26.1 Å². The maximum atomic E-state index is 13.7. The largest absolute Gasteiger partial charge is 0.381 e. The Balaban J connectivity index is 1.65. The number of rotatable bonds is 3.